The number of nitrogens with zero attached hydrogens (tertiary/aromatic N) is 2. The number of dihydropyridines is 1. The fourth-order valence-corrected chi connectivity index (χ4v) is 12.3. The van der Waals surface area contributed by atoms with Gasteiger partial charge in [-0.05, 0) is 19.4 Å². The maximum absolute atomic E-state index is 13.0. The molecule has 0 aromatic heterocycles. The third-order valence-electron chi connectivity index (χ3n) is 15.0. The summed E-state index contributed by atoms with van der Waals surface area (Å²) in [5, 5.41) is 216. The number of rotatable bonds is 26. The monoisotopic (exact) mass is 1290 g/mol. The number of aliphatic imine (C=N–C) groups is 1. The van der Waals surface area contributed by atoms with Gasteiger partial charge in [0, 0.05) is 19.1 Å². The first-order valence-electron chi connectivity index (χ1n) is 27.2. The quantitative estimate of drug-likeness (QED) is 0.0126. The summed E-state index contributed by atoms with van der Waals surface area (Å²) in [6.07, 6.45) is -54.7. The summed E-state index contributed by atoms with van der Waals surface area (Å²) in [6.45, 7) is -4.23. The SMILES string of the molecule is CC(NC(=O)CCCO[C@H]1OC(CO[C@H]2OC(CO[C@H]3OC(CO)[C@@H](O)[C@H](O)C3O[C@H]3OC(CO)[C@@H](O)[C@H](O)C3O)[C@@H](O)[C@H](O)C2O)[C@@H](O)[C@H](O[C@H]2OC(CO)[C@@H](O)[C@H](O)C2O[C@H]2OC(CO)[C@@H](O)[C@H](O)C2O)C1O)SSC1N=CCC=C1[N+](=O)[O-]. The van der Waals surface area contributed by atoms with E-state index in [9.17, 15) is 112 Å². The summed E-state index contributed by atoms with van der Waals surface area (Å²) >= 11 is 0. The van der Waals surface area contributed by atoms with Crippen LogP contribution in [-0.2, 0) is 61.6 Å². The molecule has 6 saturated heterocycles. The second-order valence-electron chi connectivity index (χ2n) is 21.0. The first-order valence-corrected chi connectivity index (χ1v) is 29.5. The van der Waals surface area contributed by atoms with Gasteiger partial charge in [0.1, 0.15) is 146 Å². The standard InChI is InChI=1S/C47H77N3O34S2/c1-14(85-86-41-15(50(71)72)4-2-6-48-41)49-22(55)5-3-7-73-43-37(70)38(82-47-40(33(66)26(59)19(11-54)79-47)84-45-36(69)30(63)24(57)17(9-52)77-45)28(61)21(81-43)13-74-42-34(67)31(64)27(60)20(80-42)12-75-46-39(32(65)25(58)18(10-53)78-46)83-44-35(68)29(62)23(56)16(8-51)76-44/h4,6,14,16-21,23-47,51-54,56-70H,2-3,5,7-13H2,1H3,(H,49,55)/t14?,16?,17?,18?,19?,20?,21?,23-,24-,25-,26-,27-,28-,29+,30+,31+,32+,33+,34?,35?,36?,37?,38+,39?,40?,41?,42+,43+,44-,45-,46+,47-/m1/s1. The van der Waals surface area contributed by atoms with Gasteiger partial charge in [-0.2, -0.15) is 0 Å². The number of ether oxygens (including phenoxy) is 12. The van der Waals surface area contributed by atoms with Crippen LogP contribution in [0.3, 0.4) is 0 Å². The van der Waals surface area contributed by atoms with Gasteiger partial charge in [-0.15, -0.1) is 0 Å². The highest BCUT2D eigenvalue weighted by Crippen LogP contribution is 2.38. The molecule has 7 rings (SSSR count). The Morgan fingerprint density at radius 1 is 0.547 bits per heavy atom. The van der Waals surface area contributed by atoms with Gasteiger partial charge >= 0.3 is 0 Å². The minimum Gasteiger partial charge on any atom is -0.394 e. The van der Waals surface area contributed by atoms with Gasteiger partial charge in [-0.25, -0.2) is 0 Å². The first kappa shape index (κ1) is 71.2. The molecule has 0 aliphatic carbocycles. The van der Waals surface area contributed by atoms with Crippen molar-refractivity contribution in [3.8, 4) is 0 Å². The van der Waals surface area contributed by atoms with Crippen LogP contribution in [0.15, 0.2) is 16.8 Å². The molecule has 0 radical (unpaired) electrons. The van der Waals surface area contributed by atoms with Crippen molar-refractivity contribution in [2.45, 2.75) is 221 Å². The van der Waals surface area contributed by atoms with Crippen molar-refractivity contribution >= 4 is 33.7 Å². The first-order chi connectivity index (χ1) is 40.8. The van der Waals surface area contributed by atoms with Crippen LogP contribution in [0.2, 0.25) is 0 Å². The summed E-state index contributed by atoms with van der Waals surface area (Å²) in [7, 11) is 2.17. The molecule has 14 unspecified atom stereocenters. The highest BCUT2D eigenvalue weighted by Gasteiger charge is 2.56. The van der Waals surface area contributed by atoms with Crippen LogP contribution in [0.25, 0.3) is 0 Å². The average Bonchev–Trinajstić information content (AvgIpc) is 1.51. The Kier molecular flexibility index (Phi) is 26.8. The minimum atomic E-state index is -2.12. The molecule has 86 heavy (non-hydrogen) atoms. The molecule has 39 heteroatoms. The Labute approximate surface area is 495 Å². The molecule has 0 aromatic rings. The van der Waals surface area contributed by atoms with Gasteiger partial charge < -0.3 is 159 Å². The van der Waals surface area contributed by atoms with E-state index in [2.05, 4.69) is 10.3 Å². The van der Waals surface area contributed by atoms with E-state index in [1.807, 2.05) is 0 Å². The number of aliphatic hydroxyl groups excluding tert-OH is 19. The number of nitrogens with one attached hydrogen (secondary N) is 1. The molecule has 7 aliphatic rings. The van der Waals surface area contributed by atoms with E-state index in [0.29, 0.717) is 6.42 Å². The third kappa shape index (κ3) is 16.7. The highest BCUT2D eigenvalue weighted by atomic mass is 33.1. The largest absolute Gasteiger partial charge is 0.394 e. The lowest BCUT2D eigenvalue weighted by Gasteiger charge is -2.48. The number of allylic oxidation sites excluding steroid dienone is 1. The smallest absolute Gasteiger partial charge is 0.277 e. The van der Waals surface area contributed by atoms with Crippen LogP contribution >= 0.6 is 21.6 Å². The summed E-state index contributed by atoms with van der Waals surface area (Å²) in [6, 6.07) is 0. The summed E-state index contributed by atoms with van der Waals surface area (Å²) < 4.78 is 68.6. The van der Waals surface area contributed by atoms with E-state index in [1.165, 1.54) is 12.3 Å². The van der Waals surface area contributed by atoms with Crippen molar-refractivity contribution in [2.75, 3.05) is 46.2 Å². The number of carbonyl (C=O) groups excluding carboxylic acids is 1. The van der Waals surface area contributed by atoms with Gasteiger partial charge in [0.05, 0.1) is 56.5 Å². The number of hydrogen-bond donors (Lipinski definition) is 20. The van der Waals surface area contributed by atoms with Crippen molar-refractivity contribution in [3.63, 3.8) is 0 Å². The molecule has 1 amide bonds. The molecule has 496 valence electrons. The highest BCUT2D eigenvalue weighted by molar-refractivity contribution is 8.77. The second-order valence-corrected chi connectivity index (χ2v) is 23.7. The van der Waals surface area contributed by atoms with E-state index in [1.54, 1.807) is 6.92 Å². The molecule has 0 aromatic carbocycles. The zero-order chi connectivity index (χ0) is 63.0. The second kappa shape index (κ2) is 32.3. The van der Waals surface area contributed by atoms with Crippen molar-refractivity contribution < 1.29 is 164 Å². The summed E-state index contributed by atoms with van der Waals surface area (Å²) in [5.41, 5.74) is -0.105. The minimum absolute atomic E-state index is 0.0686. The molecule has 6 fully saturated rings. The fourth-order valence-electron chi connectivity index (χ4n) is 10.0. The van der Waals surface area contributed by atoms with Crippen LogP contribution in [0.1, 0.15) is 26.2 Å². The Bertz CT molecular complexity index is 2190. The number of aliphatic hydroxyl groups is 19. The van der Waals surface area contributed by atoms with Crippen molar-refractivity contribution in [3.05, 3.63) is 21.9 Å². The maximum Gasteiger partial charge on any atom is 0.277 e. The van der Waals surface area contributed by atoms with Crippen LogP contribution in [0.4, 0.5) is 0 Å². The number of nitro groups is 1. The number of hydrogen-bond acceptors (Lipinski definition) is 37. The molecule has 32 atom stereocenters. The fraction of sp³-hybridized carbons (Fsp3) is 0.915. The van der Waals surface area contributed by atoms with Gasteiger partial charge in [0.2, 0.25) is 5.91 Å². The lowest BCUT2D eigenvalue weighted by Crippen LogP contribution is -2.67. The maximum atomic E-state index is 13.0. The predicted octanol–water partition coefficient (Wildman–Crippen LogP) is -11.5. The molecule has 0 bridgehead atoms. The number of carbonyl (C=O) groups is 1. The lowest BCUT2D eigenvalue weighted by atomic mass is 9.96. The van der Waals surface area contributed by atoms with Crippen LogP contribution < -0.4 is 5.32 Å². The topological polar surface area (TPSA) is 580 Å². The van der Waals surface area contributed by atoms with Gasteiger partial charge in [0.25, 0.3) is 5.70 Å². The zero-order valence-electron chi connectivity index (χ0n) is 45.5. The van der Waals surface area contributed by atoms with Crippen molar-refractivity contribution in [2.24, 2.45) is 4.99 Å². The lowest BCUT2D eigenvalue weighted by molar-refractivity contribution is -0.427. The van der Waals surface area contributed by atoms with E-state index in [4.69, 9.17) is 56.8 Å². The molecule has 0 spiro atoms. The summed E-state index contributed by atoms with van der Waals surface area (Å²) in [5.74, 6) is -0.501. The molecule has 7 aliphatic heterocycles. The third-order valence-corrected chi connectivity index (χ3v) is 17.8. The molecule has 7 heterocycles. The summed E-state index contributed by atoms with van der Waals surface area (Å²) in [4.78, 5) is 28.0. The van der Waals surface area contributed by atoms with Crippen LogP contribution in [-0.4, -0.2) is 355 Å². The Balaban J connectivity index is 1.05. The van der Waals surface area contributed by atoms with E-state index < -0.39 is 245 Å². The zero-order valence-corrected chi connectivity index (χ0v) is 47.2. The van der Waals surface area contributed by atoms with Gasteiger partial charge in [-0.1, -0.05) is 21.6 Å². The Morgan fingerprint density at radius 2 is 0.953 bits per heavy atom. The molecule has 0 saturated carbocycles. The van der Waals surface area contributed by atoms with Crippen molar-refractivity contribution in [1.29, 1.82) is 0 Å². The molecule has 37 nitrogen and oxygen atoms in total. The predicted molar refractivity (Wildman–Crippen MR) is 277 cm³/mol. The van der Waals surface area contributed by atoms with Crippen LogP contribution in [0.5, 0.6) is 0 Å². The Morgan fingerprint density at radius 3 is 1.47 bits per heavy atom. The van der Waals surface area contributed by atoms with E-state index in [-0.39, 0.29) is 25.1 Å². The molecular weight excluding hydrogens is 1210 g/mol. The van der Waals surface area contributed by atoms with Crippen molar-refractivity contribution in [1.82, 2.24) is 5.32 Å². The van der Waals surface area contributed by atoms with Crippen LogP contribution in [0, 0.1) is 10.1 Å². The molecular formula is C47H77N3O34S2. The van der Waals surface area contributed by atoms with E-state index >= 15 is 0 Å². The number of amides is 1. The molecule has 20 N–H and O–H groups in total. The van der Waals surface area contributed by atoms with Gasteiger partial charge in [-0.3, -0.25) is 19.9 Å². The normalized spacial score (nSPS) is 46.1. The Hall–Kier alpha value is -2.26. The van der Waals surface area contributed by atoms with E-state index in [0.717, 1.165) is 21.6 Å². The van der Waals surface area contributed by atoms with Gasteiger partial charge in [0.15, 0.2) is 43.1 Å². The average molecular weight is 1290 g/mol.